The van der Waals surface area contributed by atoms with E-state index >= 15 is 0 Å². The fourth-order valence-corrected chi connectivity index (χ4v) is 2.91. The SMILES string of the molecule is CCOc1ccc2c(ccn2CCCCOc2cccc(C)c2)c1. The number of rotatable bonds is 8. The predicted molar refractivity (Wildman–Crippen MR) is 99.0 cm³/mol. The Bertz CT molecular complexity index is 791. The molecule has 0 saturated carbocycles. The van der Waals surface area contributed by atoms with Crippen LogP contribution in [0.25, 0.3) is 10.9 Å². The number of hydrogen-bond donors (Lipinski definition) is 0. The lowest BCUT2D eigenvalue weighted by atomic mass is 10.2. The molecule has 0 fully saturated rings. The maximum absolute atomic E-state index is 5.81. The van der Waals surface area contributed by atoms with Gasteiger partial charge in [-0.2, -0.15) is 0 Å². The number of ether oxygens (including phenoxy) is 2. The fraction of sp³-hybridized carbons (Fsp3) is 0.333. The monoisotopic (exact) mass is 323 g/mol. The van der Waals surface area contributed by atoms with E-state index in [4.69, 9.17) is 9.47 Å². The Kier molecular flexibility index (Phi) is 5.42. The summed E-state index contributed by atoms with van der Waals surface area (Å²) in [6.07, 6.45) is 4.30. The fourth-order valence-electron chi connectivity index (χ4n) is 2.91. The maximum Gasteiger partial charge on any atom is 0.120 e. The van der Waals surface area contributed by atoms with Gasteiger partial charge in [0, 0.05) is 23.6 Å². The van der Waals surface area contributed by atoms with Crippen LogP contribution in [0.5, 0.6) is 11.5 Å². The summed E-state index contributed by atoms with van der Waals surface area (Å²) in [6.45, 7) is 6.56. The van der Waals surface area contributed by atoms with Crippen LogP contribution in [-0.4, -0.2) is 17.8 Å². The Morgan fingerprint density at radius 2 is 1.79 bits per heavy atom. The summed E-state index contributed by atoms with van der Waals surface area (Å²) in [5.41, 5.74) is 2.50. The lowest BCUT2D eigenvalue weighted by Crippen LogP contribution is -2.01. The molecule has 0 amide bonds. The highest BCUT2D eigenvalue weighted by Crippen LogP contribution is 2.22. The minimum atomic E-state index is 0.702. The van der Waals surface area contributed by atoms with Gasteiger partial charge in [-0.1, -0.05) is 12.1 Å². The highest BCUT2D eigenvalue weighted by molar-refractivity contribution is 5.81. The summed E-state index contributed by atoms with van der Waals surface area (Å²) in [5.74, 6) is 1.90. The van der Waals surface area contributed by atoms with Crippen molar-refractivity contribution in [2.75, 3.05) is 13.2 Å². The molecule has 0 aliphatic heterocycles. The Morgan fingerprint density at radius 3 is 2.62 bits per heavy atom. The highest BCUT2D eigenvalue weighted by atomic mass is 16.5. The summed E-state index contributed by atoms with van der Waals surface area (Å²) < 4.78 is 13.7. The minimum Gasteiger partial charge on any atom is -0.494 e. The molecule has 0 aliphatic carbocycles. The third-order valence-electron chi connectivity index (χ3n) is 4.11. The van der Waals surface area contributed by atoms with Crippen LogP contribution in [0.15, 0.2) is 54.7 Å². The van der Waals surface area contributed by atoms with Gasteiger partial charge in [0.2, 0.25) is 0 Å². The Labute approximate surface area is 143 Å². The normalized spacial score (nSPS) is 10.9. The molecule has 0 aliphatic rings. The number of fused-ring (bicyclic) bond motifs is 1. The zero-order valence-corrected chi connectivity index (χ0v) is 14.5. The molecule has 126 valence electrons. The van der Waals surface area contributed by atoms with Crippen LogP contribution in [0.3, 0.4) is 0 Å². The van der Waals surface area contributed by atoms with Gasteiger partial charge in [-0.05, 0) is 68.7 Å². The van der Waals surface area contributed by atoms with Crippen LogP contribution in [0, 0.1) is 6.92 Å². The molecule has 0 N–H and O–H groups in total. The molecule has 1 heterocycles. The number of unbranched alkanes of at least 4 members (excludes halogenated alkanes) is 1. The number of aromatic nitrogens is 1. The van der Waals surface area contributed by atoms with Crippen molar-refractivity contribution in [1.82, 2.24) is 4.57 Å². The summed E-state index contributed by atoms with van der Waals surface area (Å²) in [4.78, 5) is 0. The van der Waals surface area contributed by atoms with Crippen LogP contribution in [0.4, 0.5) is 0 Å². The summed E-state index contributed by atoms with van der Waals surface area (Å²) in [7, 11) is 0. The van der Waals surface area contributed by atoms with Gasteiger partial charge >= 0.3 is 0 Å². The minimum absolute atomic E-state index is 0.702. The molecule has 3 nitrogen and oxygen atoms in total. The largest absolute Gasteiger partial charge is 0.494 e. The second kappa shape index (κ2) is 7.91. The van der Waals surface area contributed by atoms with E-state index in [1.54, 1.807) is 0 Å². The first-order valence-corrected chi connectivity index (χ1v) is 8.67. The molecule has 3 aromatic rings. The van der Waals surface area contributed by atoms with Crippen LogP contribution >= 0.6 is 0 Å². The number of hydrogen-bond acceptors (Lipinski definition) is 2. The summed E-state index contributed by atoms with van der Waals surface area (Å²) in [5, 5.41) is 1.23. The van der Waals surface area contributed by atoms with Crippen molar-refractivity contribution in [2.45, 2.75) is 33.2 Å². The summed E-state index contributed by atoms with van der Waals surface area (Å²) >= 11 is 0. The predicted octanol–water partition coefficient (Wildman–Crippen LogP) is 5.21. The third kappa shape index (κ3) is 4.10. The first kappa shape index (κ1) is 16.4. The van der Waals surface area contributed by atoms with Crippen molar-refractivity contribution in [3.05, 3.63) is 60.3 Å². The molecule has 0 radical (unpaired) electrons. The maximum atomic E-state index is 5.81. The van der Waals surface area contributed by atoms with E-state index in [2.05, 4.69) is 48.0 Å². The highest BCUT2D eigenvalue weighted by Gasteiger charge is 2.03. The standard InChI is InChI=1S/C21H25NO2/c1-3-23-20-9-10-21-18(16-20)11-13-22(21)12-4-5-14-24-19-8-6-7-17(2)15-19/h6-11,13,15-16H,3-5,12,14H2,1-2H3. The van der Waals surface area contributed by atoms with Gasteiger partial charge in [-0.25, -0.2) is 0 Å². The van der Waals surface area contributed by atoms with Crippen LogP contribution < -0.4 is 9.47 Å². The topological polar surface area (TPSA) is 23.4 Å². The van der Waals surface area contributed by atoms with Crippen LogP contribution in [0.2, 0.25) is 0 Å². The Hall–Kier alpha value is -2.42. The average Bonchev–Trinajstić information content (AvgIpc) is 2.97. The van der Waals surface area contributed by atoms with Gasteiger partial charge in [0.25, 0.3) is 0 Å². The van der Waals surface area contributed by atoms with E-state index in [9.17, 15) is 0 Å². The van der Waals surface area contributed by atoms with Gasteiger partial charge < -0.3 is 14.0 Å². The van der Waals surface area contributed by atoms with Crippen molar-refractivity contribution < 1.29 is 9.47 Å². The van der Waals surface area contributed by atoms with E-state index in [1.807, 2.05) is 25.1 Å². The van der Waals surface area contributed by atoms with E-state index in [0.29, 0.717) is 6.61 Å². The van der Waals surface area contributed by atoms with E-state index in [-0.39, 0.29) is 0 Å². The first-order chi connectivity index (χ1) is 11.8. The van der Waals surface area contributed by atoms with Crippen molar-refractivity contribution in [1.29, 1.82) is 0 Å². The van der Waals surface area contributed by atoms with Crippen LogP contribution in [-0.2, 0) is 6.54 Å². The lowest BCUT2D eigenvalue weighted by Gasteiger charge is -2.09. The number of nitrogens with zero attached hydrogens (tertiary/aromatic N) is 1. The van der Waals surface area contributed by atoms with Crippen molar-refractivity contribution >= 4 is 10.9 Å². The van der Waals surface area contributed by atoms with E-state index < -0.39 is 0 Å². The quantitative estimate of drug-likeness (QED) is 0.531. The number of aryl methyl sites for hydroxylation is 2. The van der Waals surface area contributed by atoms with Gasteiger partial charge in [0.1, 0.15) is 11.5 Å². The molecule has 0 bridgehead atoms. The summed E-state index contributed by atoms with van der Waals surface area (Å²) in [6, 6.07) is 16.7. The molecule has 24 heavy (non-hydrogen) atoms. The molecule has 3 heteroatoms. The van der Waals surface area contributed by atoms with Crippen molar-refractivity contribution in [3.63, 3.8) is 0 Å². The number of benzene rings is 2. The average molecular weight is 323 g/mol. The molecule has 3 rings (SSSR count). The Balaban J connectivity index is 1.49. The molecule has 2 aromatic carbocycles. The van der Waals surface area contributed by atoms with Gasteiger partial charge in [0.05, 0.1) is 13.2 Å². The van der Waals surface area contributed by atoms with Crippen LogP contribution in [0.1, 0.15) is 25.3 Å². The molecular weight excluding hydrogens is 298 g/mol. The molecule has 0 unspecified atom stereocenters. The Morgan fingerprint density at radius 1 is 0.917 bits per heavy atom. The first-order valence-electron chi connectivity index (χ1n) is 8.67. The van der Waals surface area contributed by atoms with Crippen molar-refractivity contribution in [2.24, 2.45) is 0 Å². The molecule has 1 aromatic heterocycles. The zero-order chi connectivity index (χ0) is 16.8. The second-order valence-electron chi connectivity index (χ2n) is 6.03. The van der Waals surface area contributed by atoms with Gasteiger partial charge in [-0.3, -0.25) is 0 Å². The smallest absolute Gasteiger partial charge is 0.120 e. The third-order valence-corrected chi connectivity index (χ3v) is 4.11. The van der Waals surface area contributed by atoms with E-state index in [0.717, 1.165) is 37.5 Å². The molecular formula is C21H25NO2. The second-order valence-corrected chi connectivity index (χ2v) is 6.03. The van der Waals surface area contributed by atoms with Crippen molar-refractivity contribution in [3.8, 4) is 11.5 Å². The zero-order valence-electron chi connectivity index (χ0n) is 14.5. The van der Waals surface area contributed by atoms with Gasteiger partial charge in [0.15, 0.2) is 0 Å². The molecule has 0 spiro atoms. The van der Waals surface area contributed by atoms with E-state index in [1.165, 1.54) is 16.5 Å². The lowest BCUT2D eigenvalue weighted by molar-refractivity contribution is 0.303. The molecule has 0 saturated heterocycles. The van der Waals surface area contributed by atoms with Gasteiger partial charge in [-0.15, -0.1) is 0 Å². The molecule has 0 atom stereocenters.